The number of anilines is 3. The molecule has 0 amide bonds. The molecule has 0 bridgehead atoms. The molecule has 0 fully saturated rings. The highest BCUT2D eigenvalue weighted by Crippen LogP contribution is 2.42. The average molecular weight is 753 g/mol. The molecule has 12 aromatic rings. The molecule has 2 aromatic heterocycles. The van der Waals surface area contributed by atoms with Crippen LogP contribution in [0.15, 0.2) is 223 Å². The Morgan fingerprint density at radius 1 is 0.356 bits per heavy atom. The topological polar surface area (TPSA) is 21.3 Å². The van der Waals surface area contributed by atoms with Gasteiger partial charge in [0.1, 0.15) is 11.2 Å². The molecule has 2 heterocycles. The van der Waals surface area contributed by atoms with Gasteiger partial charge in [-0.15, -0.1) is 0 Å². The molecule has 0 radical (unpaired) electrons. The minimum Gasteiger partial charge on any atom is -0.455 e. The molecule has 12 rings (SSSR count). The summed E-state index contributed by atoms with van der Waals surface area (Å²) in [5.74, 6) is 0. The Balaban J connectivity index is 0.951. The molecule has 0 aliphatic carbocycles. The molecule has 0 aliphatic rings. The molecule has 0 saturated heterocycles. The molecule has 10 aromatic carbocycles. The first-order valence-corrected chi connectivity index (χ1v) is 20.2. The Bertz CT molecular complexity index is 3500. The van der Waals surface area contributed by atoms with Gasteiger partial charge in [-0.3, -0.25) is 0 Å². The van der Waals surface area contributed by atoms with E-state index in [0.717, 1.165) is 66.8 Å². The summed E-state index contributed by atoms with van der Waals surface area (Å²) in [6.45, 7) is 0. The van der Waals surface area contributed by atoms with Crippen LogP contribution in [0.5, 0.6) is 0 Å². The van der Waals surface area contributed by atoms with Gasteiger partial charge in [-0.2, -0.15) is 0 Å². The number of hydrogen-bond donors (Lipinski definition) is 0. The van der Waals surface area contributed by atoms with Gasteiger partial charge in [-0.25, -0.2) is 0 Å². The van der Waals surface area contributed by atoms with Gasteiger partial charge in [0, 0.05) is 49.3 Å². The normalized spacial score (nSPS) is 11.7. The van der Waals surface area contributed by atoms with Crippen molar-refractivity contribution in [1.29, 1.82) is 0 Å². The van der Waals surface area contributed by atoms with Crippen molar-refractivity contribution in [3.8, 4) is 27.9 Å². The number of para-hydroxylation sites is 3. The van der Waals surface area contributed by atoms with E-state index < -0.39 is 0 Å². The fraction of sp³-hybridized carbons (Fsp3) is 0. The van der Waals surface area contributed by atoms with Crippen LogP contribution in [-0.4, -0.2) is 4.57 Å². The monoisotopic (exact) mass is 752 g/mol. The third-order valence-corrected chi connectivity index (χ3v) is 12.0. The first-order chi connectivity index (χ1) is 29.3. The zero-order valence-electron chi connectivity index (χ0n) is 32.1. The Morgan fingerprint density at radius 3 is 1.63 bits per heavy atom. The van der Waals surface area contributed by atoms with E-state index in [-0.39, 0.29) is 0 Å². The van der Waals surface area contributed by atoms with Crippen molar-refractivity contribution in [3.63, 3.8) is 0 Å². The standard InChI is InChI=1S/C56H36N2O/c1-3-15-44-38(12-1)14-11-23-51(44)57(42-30-24-37(25-31-42)41-29-34-49-50-35-28-39-13-2-4-17-46(39)56(50)59-55(49)36-41)43-32-26-40(27-33-43)45-16-5-8-20-52(45)58-53-21-9-6-18-47(53)48-19-7-10-22-54(48)58/h1-36H. The van der Waals surface area contributed by atoms with Gasteiger partial charge in [-0.1, -0.05) is 152 Å². The SMILES string of the molecule is c1ccc(-n2c3ccccc3c3ccccc32)c(-c2ccc(N(c3ccc(-c4ccc5c(c4)oc4c6ccccc6ccc54)cc3)c3cccc4ccccc34)cc2)c1. The summed E-state index contributed by atoms with van der Waals surface area (Å²) >= 11 is 0. The van der Waals surface area contributed by atoms with E-state index in [4.69, 9.17) is 4.42 Å². The summed E-state index contributed by atoms with van der Waals surface area (Å²) in [6, 6.07) is 78.7. The largest absolute Gasteiger partial charge is 0.455 e. The van der Waals surface area contributed by atoms with E-state index in [9.17, 15) is 0 Å². The van der Waals surface area contributed by atoms with Crippen molar-refractivity contribution >= 4 is 82.4 Å². The average Bonchev–Trinajstić information content (AvgIpc) is 3.85. The number of rotatable bonds is 6. The minimum atomic E-state index is 0.898. The summed E-state index contributed by atoms with van der Waals surface area (Å²) in [6.07, 6.45) is 0. The third-order valence-electron chi connectivity index (χ3n) is 12.0. The fourth-order valence-corrected chi connectivity index (χ4v) is 9.20. The lowest BCUT2D eigenvalue weighted by Gasteiger charge is -2.27. The van der Waals surface area contributed by atoms with Crippen LogP contribution in [0.3, 0.4) is 0 Å². The van der Waals surface area contributed by atoms with Crippen LogP contribution in [0.25, 0.3) is 93.2 Å². The van der Waals surface area contributed by atoms with E-state index in [1.54, 1.807) is 0 Å². The first kappa shape index (κ1) is 33.3. The van der Waals surface area contributed by atoms with Gasteiger partial charge >= 0.3 is 0 Å². The summed E-state index contributed by atoms with van der Waals surface area (Å²) in [5.41, 5.74) is 13.3. The van der Waals surface area contributed by atoms with Gasteiger partial charge in [0.2, 0.25) is 0 Å². The molecular weight excluding hydrogens is 717 g/mol. The predicted molar refractivity (Wildman–Crippen MR) is 249 cm³/mol. The Labute approximate surface area is 341 Å². The van der Waals surface area contributed by atoms with Crippen LogP contribution in [0.2, 0.25) is 0 Å². The van der Waals surface area contributed by atoms with Crippen molar-refractivity contribution in [2.45, 2.75) is 0 Å². The quantitative estimate of drug-likeness (QED) is 0.169. The van der Waals surface area contributed by atoms with Gasteiger partial charge in [0.25, 0.3) is 0 Å². The predicted octanol–water partition coefficient (Wildman–Crippen LogP) is 15.8. The molecule has 3 heteroatoms. The lowest BCUT2D eigenvalue weighted by Crippen LogP contribution is -2.10. The molecule has 0 N–H and O–H groups in total. The summed E-state index contributed by atoms with van der Waals surface area (Å²) < 4.78 is 8.95. The minimum absolute atomic E-state index is 0.898. The second-order valence-corrected chi connectivity index (χ2v) is 15.3. The molecule has 59 heavy (non-hydrogen) atoms. The van der Waals surface area contributed by atoms with Crippen LogP contribution in [0.1, 0.15) is 0 Å². The Kier molecular flexibility index (Phi) is 7.54. The number of aromatic nitrogens is 1. The Morgan fingerprint density at radius 2 is 0.898 bits per heavy atom. The van der Waals surface area contributed by atoms with Gasteiger partial charge in [0.05, 0.1) is 22.4 Å². The fourth-order valence-electron chi connectivity index (χ4n) is 9.20. The molecular formula is C56H36N2O. The van der Waals surface area contributed by atoms with Crippen LogP contribution in [0, 0.1) is 0 Å². The number of benzene rings is 10. The van der Waals surface area contributed by atoms with Crippen LogP contribution < -0.4 is 4.90 Å². The maximum absolute atomic E-state index is 6.54. The highest BCUT2D eigenvalue weighted by Gasteiger charge is 2.19. The second kappa shape index (κ2) is 13.4. The van der Waals surface area contributed by atoms with Crippen molar-refractivity contribution in [2.24, 2.45) is 0 Å². The highest BCUT2D eigenvalue weighted by molar-refractivity contribution is 6.15. The molecule has 3 nitrogen and oxygen atoms in total. The van der Waals surface area contributed by atoms with E-state index in [1.165, 1.54) is 43.5 Å². The summed E-state index contributed by atoms with van der Waals surface area (Å²) in [5, 5.41) is 9.52. The van der Waals surface area contributed by atoms with Crippen molar-refractivity contribution in [1.82, 2.24) is 4.57 Å². The maximum atomic E-state index is 6.54. The van der Waals surface area contributed by atoms with E-state index in [1.807, 2.05) is 0 Å². The van der Waals surface area contributed by atoms with Crippen LogP contribution in [0.4, 0.5) is 17.1 Å². The van der Waals surface area contributed by atoms with Gasteiger partial charge in [0.15, 0.2) is 0 Å². The molecule has 0 atom stereocenters. The number of furan rings is 1. The zero-order valence-corrected chi connectivity index (χ0v) is 32.1. The zero-order chi connectivity index (χ0) is 38.9. The van der Waals surface area contributed by atoms with Crippen LogP contribution >= 0.6 is 0 Å². The molecule has 0 spiro atoms. The molecule has 0 saturated carbocycles. The van der Waals surface area contributed by atoms with Gasteiger partial charge in [-0.05, 0) is 94.2 Å². The van der Waals surface area contributed by atoms with E-state index >= 15 is 0 Å². The highest BCUT2D eigenvalue weighted by atomic mass is 16.3. The smallest absolute Gasteiger partial charge is 0.143 e. The summed E-state index contributed by atoms with van der Waals surface area (Å²) in [7, 11) is 0. The number of hydrogen-bond acceptors (Lipinski definition) is 2. The first-order valence-electron chi connectivity index (χ1n) is 20.2. The lowest BCUT2D eigenvalue weighted by molar-refractivity contribution is 0.673. The van der Waals surface area contributed by atoms with E-state index in [2.05, 4.69) is 228 Å². The van der Waals surface area contributed by atoms with Crippen molar-refractivity contribution < 1.29 is 4.42 Å². The molecule has 0 aliphatic heterocycles. The number of fused-ring (bicyclic) bond motifs is 9. The maximum Gasteiger partial charge on any atom is 0.143 e. The summed E-state index contributed by atoms with van der Waals surface area (Å²) in [4.78, 5) is 2.38. The third kappa shape index (κ3) is 5.36. The molecule has 0 unspecified atom stereocenters. The molecule has 276 valence electrons. The Hall–Kier alpha value is -7.88. The van der Waals surface area contributed by atoms with Crippen molar-refractivity contribution in [2.75, 3.05) is 4.90 Å². The lowest BCUT2D eigenvalue weighted by atomic mass is 10.0. The number of nitrogens with zero attached hydrogens (tertiary/aromatic N) is 2. The van der Waals surface area contributed by atoms with E-state index in [0.29, 0.717) is 0 Å². The second-order valence-electron chi connectivity index (χ2n) is 15.3. The van der Waals surface area contributed by atoms with Gasteiger partial charge < -0.3 is 13.9 Å². The van der Waals surface area contributed by atoms with Crippen LogP contribution in [-0.2, 0) is 0 Å². The van der Waals surface area contributed by atoms with Crippen molar-refractivity contribution in [3.05, 3.63) is 218 Å².